The zero-order valence-electron chi connectivity index (χ0n) is 16.8. The lowest BCUT2D eigenvalue weighted by molar-refractivity contribution is 0.344. The maximum atomic E-state index is 6.52. The van der Waals surface area contributed by atoms with Crippen LogP contribution in [0.4, 0.5) is 0 Å². The zero-order chi connectivity index (χ0) is 16.7. The third-order valence-electron chi connectivity index (χ3n) is 5.01. The van der Waals surface area contributed by atoms with Crippen LogP contribution in [0, 0.1) is 5.92 Å². The van der Waals surface area contributed by atoms with Gasteiger partial charge in [-0.2, -0.15) is 0 Å². The summed E-state index contributed by atoms with van der Waals surface area (Å²) in [5.41, 5.74) is 0. The predicted octanol–water partition coefficient (Wildman–Crippen LogP) is 8.67. The molecule has 0 bridgehead atoms. The van der Waals surface area contributed by atoms with E-state index in [0.29, 0.717) is 5.92 Å². The second-order valence-corrected chi connectivity index (χ2v) is 8.70. The standard InChI is InChI=1S/C21H43Cl.H3N/c1-5-7-8-9-10-11-12-13-14-15-16-17-19-20(18-6-2)21(3,4)22;/h20H,5-19H2,1-4H3;1H3. The molecule has 0 aromatic heterocycles. The molecule has 0 spiro atoms. The van der Waals surface area contributed by atoms with Crippen molar-refractivity contribution < 1.29 is 0 Å². The first-order valence-electron chi connectivity index (χ1n) is 10.2. The van der Waals surface area contributed by atoms with E-state index >= 15 is 0 Å². The molecule has 1 unspecified atom stereocenters. The smallest absolute Gasteiger partial charge is 0.0418 e. The van der Waals surface area contributed by atoms with Gasteiger partial charge < -0.3 is 6.15 Å². The number of rotatable bonds is 16. The lowest BCUT2D eigenvalue weighted by Gasteiger charge is -2.28. The van der Waals surface area contributed by atoms with E-state index in [4.69, 9.17) is 11.6 Å². The normalized spacial score (nSPS) is 12.9. The van der Waals surface area contributed by atoms with Crippen molar-refractivity contribution >= 4 is 11.6 Å². The number of hydrogen-bond acceptors (Lipinski definition) is 1. The Morgan fingerprint density at radius 1 is 0.609 bits per heavy atom. The van der Waals surface area contributed by atoms with Gasteiger partial charge in [0.25, 0.3) is 0 Å². The quantitative estimate of drug-likeness (QED) is 0.220. The SMILES string of the molecule is CCCCCCCCCCCCCCC(CCC)C(C)(C)Cl.N. The lowest BCUT2D eigenvalue weighted by atomic mass is 9.86. The van der Waals surface area contributed by atoms with Crippen LogP contribution in [0.1, 0.15) is 124 Å². The summed E-state index contributed by atoms with van der Waals surface area (Å²) < 4.78 is 0. The zero-order valence-corrected chi connectivity index (χ0v) is 17.5. The first-order valence-corrected chi connectivity index (χ1v) is 10.6. The third-order valence-corrected chi connectivity index (χ3v) is 5.32. The molecule has 0 saturated heterocycles. The molecule has 0 aliphatic heterocycles. The Morgan fingerprint density at radius 3 is 1.35 bits per heavy atom. The Balaban J connectivity index is 0. The molecule has 142 valence electrons. The third kappa shape index (κ3) is 16.9. The van der Waals surface area contributed by atoms with Crippen LogP contribution in [0.25, 0.3) is 0 Å². The van der Waals surface area contributed by atoms with Gasteiger partial charge in [0.05, 0.1) is 0 Å². The van der Waals surface area contributed by atoms with Gasteiger partial charge in [-0.1, -0.05) is 97.3 Å². The first kappa shape index (κ1) is 25.5. The van der Waals surface area contributed by atoms with Gasteiger partial charge in [-0.15, -0.1) is 11.6 Å². The Morgan fingerprint density at radius 2 is 1.00 bits per heavy atom. The second-order valence-electron chi connectivity index (χ2n) is 7.73. The van der Waals surface area contributed by atoms with E-state index in [1.54, 1.807) is 0 Å². The van der Waals surface area contributed by atoms with Crippen molar-refractivity contribution in [2.45, 2.75) is 129 Å². The molecule has 3 N–H and O–H groups in total. The van der Waals surface area contributed by atoms with E-state index < -0.39 is 0 Å². The van der Waals surface area contributed by atoms with Crippen molar-refractivity contribution in [1.29, 1.82) is 0 Å². The van der Waals surface area contributed by atoms with Crippen molar-refractivity contribution in [3.63, 3.8) is 0 Å². The maximum absolute atomic E-state index is 6.52. The first-order chi connectivity index (χ1) is 10.5. The molecule has 0 fully saturated rings. The Labute approximate surface area is 152 Å². The van der Waals surface area contributed by atoms with E-state index in [1.165, 1.54) is 96.3 Å². The van der Waals surface area contributed by atoms with E-state index in [2.05, 4.69) is 27.7 Å². The topological polar surface area (TPSA) is 35.0 Å². The minimum Gasteiger partial charge on any atom is -0.344 e. The van der Waals surface area contributed by atoms with Crippen molar-refractivity contribution in [1.82, 2.24) is 6.15 Å². The Bertz CT molecular complexity index is 222. The van der Waals surface area contributed by atoms with Gasteiger partial charge in [-0.3, -0.25) is 0 Å². The average molecular weight is 348 g/mol. The van der Waals surface area contributed by atoms with Crippen LogP contribution in [-0.2, 0) is 0 Å². The number of hydrogen-bond donors (Lipinski definition) is 1. The fourth-order valence-corrected chi connectivity index (χ4v) is 3.63. The van der Waals surface area contributed by atoms with Crippen molar-refractivity contribution in [3.8, 4) is 0 Å². The van der Waals surface area contributed by atoms with E-state index in [9.17, 15) is 0 Å². The van der Waals surface area contributed by atoms with Gasteiger partial charge >= 0.3 is 0 Å². The summed E-state index contributed by atoms with van der Waals surface area (Å²) in [7, 11) is 0. The van der Waals surface area contributed by atoms with Gasteiger partial charge in [0.2, 0.25) is 0 Å². The van der Waals surface area contributed by atoms with Crippen LogP contribution >= 0.6 is 11.6 Å². The molecule has 0 heterocycles. The summed E-state index contributed by atoms with van der Waals surface area (Å²) in [6.07, 6.45) is 21.1. The summed E-state index contributed by atoms with van der Waals surface area (Å²) in [6, 6.07) is 0. The minimum atomic E-state index is -0.0201. The highest BCUT2D eigenvalue weighted by Crippen LogP contribution is 2.32. The number of unbranched alkanes of at least 4 members (excludes halogenated alkanes) is 11. The van der Waals surface area contributed by atoms with Crippen LogP contribution in [0.5, 0.6) is 0 Å². The van der Waals surface area contributed by atoms with Crippen LogP contribution in [0.15, 0.2) is 0 Å². The van der Waals surface area contributed by atoms with Gasteiger partial charge in [0.15, 0.2) is 0 Å². The summed E-state index contributed by atoms with van der Waals surface area (Å²) >= 11 is 6.52. The number of halogens is 1. The minimum absolute atomic E-state index is 0. The molecule has 0 aliphatic carbocycles. The van der Waals surface area contributed by atoms with Crippen LogP contribution < -0.4 is 6.15 Å². The van der Waals surface area contributed by atoms with Crippen LogP contribution in [0.2, 0.25) is 0 Å². The molecule has 23 heavy (non-hydrogen) atoms. The van der Waals surface area contributed by atoms with Crippen molar-refractivity contribution in [2.24, 2.45) is 5.92 Å². The molecule has 0 aromatic carbocycles. The lowest BCUT2D eigenvalue weighted by Crippen LogP contribution is -2.24. The Hall–Kier alpha value is 0.250. The van der Waals surface area contributed by atoms with Gasteiger partial charge in [-0.05, 0) is 32.6 Å². The van der Waals surface area contributed by atoms with E-state index in [-0.39, 0.29) is 11.0 Å². The Kier molecular flexibility index (Phi) is 18.9. The second kappa shape index (κ2) is 17.1. The number of alkyl halides is 1. The van der Waals surface area contributed by atoms with E-state index in [0.717, 1.165) is 0 Å². The van der Waals surface area contributed by atoms with Gasteiger partial charge in [0, 0.05) is 4.87 Å². The molecule has 2 heteroatoms. The van der Waals surface area contributed by atoms with Crippen LogP contribution in [-0.4, -0.2) is 4.87 Å². The van der Waals surface area contributed by atoms with Crippen LogP contribution in [0.3, 0.4) is 0 Å². The molecule has 0 aromatic rings. The van der Waals surface area contributed by atoms with Gasteiger partial charge in [0.1, 0.15) is 0 Å². The molecular formula is C21H46ClN. The predicted molar refractivity (Wildman–Crippen MR) is 109 cm³/mol. The molecule has 0 radical (unpaired) electrons. The molecule has 1 atom stereocenters. The largest absolute Gasteiger partial charge is 0.344 e. The van der Waals surface area contributed by atoms with Crippen molar-refractivity contribution in [2.75, 3.05) is 0 Å². The van der Waals surface area contributed by atoms with Crippen molar-refractivity contribution in [3.05, 3.63) is 0 Å². The highest BCUT2D eigenvalue weighted by atomic mass is 35.5. The highest BCUT2D eigenvalue weighted by molar-refractivity contribution is 6.23. The summed E-state index contributed by atoms with van der Waals surface area (Å²) in [5, 5.41) is 0. The summed E-state index contributed by atoms with van der Waals surface area (Å²) in [4.78, 5) is -0.0201. The van der Waals surface area contributed by atoms with Gasteiger partial charge in [-0.25, -0.2) is 0 Å². The molecule has 1 nitrogen and oxygen atoms in total. The molecule has 0 saturated carbocycles. The fraction of sp³-hybridized carbons (Fsp3) is 1.00. The summed E-state index contributed by atoms with van der Waals surface area (Å²) in [5.74, 6) is 0.697. The average Bonchev–Trinajstić information content (AvgIpc) is 2.46. The molecule has 0 amide bonds. The van der Waals surface area contributed by atoms with E-state index in [1.807, 2.05) is 0 Å². The molecular weight excluding hydrogens is 302 g/mol. The fourth-order valence-electron chi connectivity index (χ4n) is 3.41. The molecule has 0 aliphatic rings. The molecule has 0 rings (SSSR count). The maximum Gasteiger partial charge on any atom is 0.0418 e. The monoisotopic (exact) mass is 347 g/mol. The summed E-state index contributed by atoms with van der Waals surface area (Å²) in [6.45, 7) is 8.95. The highest BCUT2D eigenvalue weighted by Gasteiger charge is 2.25.